The fraction of sp³-hybridized carbons (Fsp3) is 0.0500. The first-order valence-corrected chi connectivity index (χ1v) is 10.5. The summed E-state index contributed by atoms with van der Waals surface area (Å²) in [6.07, 6.45) is 0. The summed E-state index contributed by atoms with van der Waals surface area (Å²) in [7, 11) is -3.86. The van der Waals surface area contributed by atoms with E-state index >= 15 is 0 Å². The highest BCUT2D eigenvalue weighted by molar-refractivity contribution is 7.95. The Labute approximate surface area is 165 Å². The number of aryl methyl sites for hydroxylation is 1. The number of nitro benzene ring substituents is 1. The molecule has 140 valence electrons. The molecule has 3 aromatic carbocycles. The molecule has 0 aromatic heterocycles. The second kappa shape index (κ2) is 6.81. The molecule has 0 heterocycles. The smallest absolute Gasteiger partial charge is 0.258 e. The van der Waals surface area contributed by atoms with E-state index in [0.29, 0.717) is 10.4 Å². The van der Waals surface area contributed by atoms with Gasteiger partial charge in [0, 0.05) is 23.3 Å². The zero-order chi connectivity index (χ0) is 19.9. The van der Waals surface area contributed by atoms with Crippen LogP contribution in [-0.4, -0.2) is 18.2 Å². The van der Waals surface area contributed by atoms with Crippen LogP contribution >= 0.6 is 0 Å². The number of benzene rings is 3. The van der Waals surface area contributed by atoms with Gasteiger partial charge >= 0.3 is 0 Å². The highest BCUT2D eigenvalue weighted by atomic mass is 32.2. The molecule has 0 amide bonds. The quantitative estimate of drug-likeness (QED) is 0.289. The van der Waals surface area contributed by atoms with Crippen LogP contribution in [0.4, 0.5) is 5.69 Å². The van der Waals surface area contributed by atoms with E-state index in [4.69, 9.17) is 0 Å². The summed E-state index contributed by atoms with van der Waals surface area (Å²) in [6.45, 7) is 1.87. The topological polar surface area (TPSA) is 89.6 Å². The van der Waals surface area contributed by atoms with Gasteiger partial charge in [-0.05, 0) is 47.4 Å². The van der Waals surface area contributed by atoms with Crippen molar-refractivity contribution in [1.82, 2.24) is 0 Å². The maximum Gasteiger partial charge on any atom is 0.292 e. The summed E-state index contributed by atoms with van der Waals surface area (Å²) < 4.78 is 29.1. The van der Waals surface area contributed by atoms with Gasteiger partial charge < -0.3 is 0 Å². The molecule has 0 bridgehead atoms. The number of nitro groups is 1. The molecule has 0 atom stereocenters. The Balaban J connectivity index is 1.92. The molecule has 28 heavy (non-hydrogen) atoms. The second-order valence-corrected chi connectivity index (χ2v) is 8.92. The predicted molar refractivity (Wildman–Crippen MR) is 110 cm³/mol. The van der Waals surface area contributed by atoms with Crippen molar-refractivity contribution in [3.8, 4) is 11.1 Å². The van der Waals surface area contributed by atoms with E-state index in [1.165, 1.54) is 24.3 Å². The van der Waals surface area contributed by atoms with Crippen LogP contribution in [0.5, 0.6) is 0 Å². The Hall–Kier alpha value is -3.10. The normalized spacial score (nSPS) is 12.2. The third-order valence-corrected chi connectivity index (χ3v) is 7.04. The van der Waals surface area contributed by atoms with Crippen molar-refractivity contribution in [2.45, 2.75) is 11.8 Å². The molecule has 6 nitrogen and oxygen atoms in total. The lowest BCUT2D eigenvalue weighted by molar-refractivity contribution is -0.384. The van der Waals surface area contributed by atoms with Crippen molar-refractivity contribution in [2.24, 2.45) is 3.77 Å². The molecule has 0 spiro atoms. The average molecular weight is 410 g/mol. The van der Waals surface area contributed by atoms with Crippen LogP contribution in [0.3, 0.4) is 0 Å². The van der Waals surface area contributed by atoms with Gasteiger partial charge in [-0.25, -0.2) is 0 Å². The largest absolute Gasteiger partial charge is 0.292 e. The predicted octanol–water partition coefficient (Wildman–Crippen LogP) is 4.11. The Morgan fingerprint density at radius 3 is 2.21 bits per heavy atom. The van der Waals surface area contributed by atoms with Gasteiger partial charge in [0.15, 0.2) is 0 Å². The number of hydrogen-bond donors (Lipinski definition) is 0. The zero-order valence-electron chi connectivity index (χ0n) is 14.7. The molecule has 1 aliphatic rings. The Morgan fingerprint density at radius 1 is 0.893 bits per heavy atom. The molecule has 3 aromatic rings. The lowest BCUT2D eigenvalue weighted by Crippen LogP contribution is -2.00. The summed E-state index contributed by atoms with van der Waals surface area (Å²) in [4.78, 5) is 11.4. The van der Waals surface area contributed by atoms with Crippen LogP contribution in [0, 0.1) is 17.0 Å². The molecule has 0 unspecified atom stereocenters. The fourth-order valence-electron chi connectivity index (χ4n) is 3.07. The van der Waals surface area contributed by atoms with E-state index in [0.717, 1.165) is 33.4 Å². The molecule has 0 N–H and O–H groups in total. The molecule has 0 radical (unpaired) electrons. The summed E-state index contributed by atoms with van der Waals surface area (Å²) in [6, 6.07) is 18.5. The summed E-state index contributed by atoms with van der Waals surface area (Å²) in [5.74, 6) is 0. The standard InChI is InChI=1S/C20H14N2O4S2/c1-13-6-9-15(10-7-13)28(25,26)21-27-20-18-5-3-2-4-16(18)17-11-8-14(22(23)24)12-19(17)20/h2-12H,1H3. The van der Waals surface area contributed by atoms with Gasteiger partial charge in [-0.3, -0.25) is 10.1 Å². The first-order chi connectivity index (χ1) is 13.4. The minimum absolute atomic E-state index is 0.0500. The van der Waals surface area contributed by atoms with Crippen LogP contribution in [0.1, 0.15) is 16.7 Å². The van der Waals surface area contributed by atoms with Gasteiger partial charge in [-0.1, -0.05) is 45.7 Å². The number of hydrogen-bond acceptors (Lipinski definition) is 4. The molecule has 0 fully saturated rings. The minimum Gasteiger partial charge on any atom is -0.258 e. The molecular formula is C20H14N2O4S2. The lowest BCUT2D eigenvalue weighted by atomic mass is 10.1. The highest BCUT2D eigenvalue weighted by Gasteiger charge is 2.26. The maximum atomic E-state index is 12.6. The van der Waals surface area contributed by atoms with Gasteiger partial charge in [0.2, 0.25) is 0 Å². The monoisotopic (exact) mass is 410 g/mol. The van der Waals surface area contributed by atoms with Gasteiger partial charge in [-0.15, -0.1) is 0 Å². The van der Waals surface area contributed by atoms with Crippen LogP contribution in [-0.2, 0) is 21.2 Å². The van der Waals surface area contributed by atoms with E-state index < -0.39 is 14.9 Å². The van der Waals surface area contributed by atoms with Crippen LogP contribution in [0.25, 0.3) is 11.1 Å². The van der Waals surface area contributed by atoms with Crippen LogP contribution < -0.4 is 0 Å². The zero-order valence-corrected chi connectivity index (χ0v) is 16.3. The van der Waals surface area contributed by atoms with Crippen molar-refractivity contribution < 1.29 is 13.3 Å². The molecule has 1 aliphatic carbocycles. The van der Waals surface area contributed by atoms with E-state index in [1.54, 1.807) is 18.2 Å². The average Bonchev–Trinajstić information content (AvgIpc) is 3.00. The maximum absolute atomic E-state index is 12.6. The first-order valence-electron chi connectivity index (χ1n) is 8.33. The molecule has 0 aliphatic heterocycles. The molecule has 4 rings (SSSR count). The molecule has 8 heteroatoms. The van der Waals surface area contributed by atoms with Crippen molar-refractivity contribution in [2.75, 3.05) is 0 Å². The van der Waals surface area contributed by atoms with Crippen molar-refractivity contribution in [3.63, 3.8) is 0 Å². The number of sulfonamides is 1. The Kier molecular flexibility index (Phi) is 4.44. The number of nitrogens with zero attached hydrogens (tertiary/aromatic N) is 2. The molecule has 0 saturated carbocycles. The fourth-order valence-corrected chi connectivity index (χ4v) is 5.13. The van der Waals surface area contributed by atoms with E-state index in [-0.39, 0.29) is 10.6 Å². The summed E-state index contributed by atoms with van der Waals surface area (Å²) in [5, 5.41) is 11.2. The van der Waals surface area contributed by atoms with Crippen LogP contribution in [0.15, 0.2) is 75.4 Å². The number of non-ortho nitro benzene ring substituents is 1. The Morgan fingerprint density at radius 2 is 1.54 bits per heavy atom. The van der Waals surface area contributed by atoms with Crippen molar-refractivity contribution in [1.29, 1.82) is 0 Å². The van der Waals surface area contributed by atoms with Crippen LogP contribution in [0.2, 0.25) is 0 Å². The number of rotatable bonds is 3. The third kappa shape index (κ3) is 3.17. The highest BCUT2D eigenvalue weighted by Crippen LogP contribution is 2.38. The van der Waals surface area contributed by atoms with Gasteiger partial charge in [0.05, 0.1) is 14.7 Å². The van der Waals surface area contributed by atoms with Gasteiger partial charge in [0.25, 0.3) is 15.7 Å². The summed E-state index contributed by atoms with van der Waals surface area (Å²) >= 11 is 0.827. The van der Waals surface area contributed by atoms with Crippen molar-refractivity contribution >= 4 is 31.7 Å². The number of fused-ring (bicyclic) bond motifs is 3. The second-order valence-electron chi connectivity index (χ2n) is 6.32. The van der Waals surface area contributed by atoms with Gasteiger partial charge in [0.1, 0.15) is 0 Å². The minimum atomic E-state index is -3.86. The van der Waals surface area contributed by atoms with E-state index in [9.17, 15) is 18.5 Å². The Bertz CT molecular complexity index is 1290. The third-order valence-electron chi connectivity index (χ3n) is 4.47. The SMILES string of the molecule is Cc1ccc(S(=O)(=O)N=S=C2c3ccccc3-c3ccc([N+](=O)[O-])cc32)cc1. The molecular weight excluding hydrogens is 396 g/mol. The van der Waals surface area contributed by atoms with Crippen molar-refractivity contribution in [3.05, 3.63) is 93.5 Å². The molecule has 0 saturated heterocycles. The lowest BCUT2D eigenvalue weighted by Gasteiger charge is -2.00. The summed E-state index contributed by atoms with van der Waals surface area (Å²) in [5.41, 5.74) is 4.05. The van der Waals surface area contributed by atoms with E-state index in [2.05, 4.69) is 3.77 Å². The van der Waals surface area contributed by atoms with E-state index in [1.807, 2.05) is 31.2 Å². The first kappa shape index (κ1) is 18.3. The van der Waals surface area contributed by atoms with Gasteiger partial charge in [-0.2, -0.15) is 8.42 Å².